The summed E-state index contributed by atoms with van der Waals surface area (Å²) >= 11 is 0. The first-order chi connectivity index (χ1) is 9.65. The van der Waals surface area contributed by atoms with E-state index < -0.39 is 12.0 Å². The van der Waals surface area contributed by atoms with E-state index in [2.05, 4.69) is 0 Å². The maximum Gasteiger partial charge on any atom is 0.331 e. The van der Waals surface area contributed by atoms with E-state index in [0.29, 0.717) is 17.9 Å². The van der Waals surface area contributed by atoms with Crippen molar-refractivity contribution >= 4 is 11.9 Å². The van der Waals surface area contributed by atoms with Crippen LogP contribution in [0.1, 0.15) is 18.5 Å². The molecule has 1 unspecified atom stereocenters. The lowest BCUT2D eigenvalue weighted by Crippen LogP contribution is -2.41. The van der Waals surface area contributed by atoms with E-state index in [1.54, 1.807) is 31.2 Å². The SMILES string of the molecule is CCOCC(=O)N1CCOc2ccccc2C1C(=O)O. The Balaban J connectivity index is 2.32. The topological polar surface area (TPSA) is 76.1 Å². The summed E-state index contributed by atoms with van der Waals surface area (Å²) in [6, 6.07) is 5.84. The highest BCUT2D eigenvalue weighted by Gasteiger charge is 2.35. The second-order valence-electron chi connectivity index (χ2n) is 4.35. The molecule has 0 radical (unpaired) electrons. The number of benzene rings is 1. The Labute approximate surface area is 116 Å². The van der Waals surface area contributed by atoms with Crippen LogP contribution >= 0.6 is 0 Å². The van der Waals surface area contributed by atoms with Crippen LogP contribution in [-0.4, -0.2) is 48.2 Å². The first kappa shape index (κ1) is 14.3. The minimum atomic E-state index is -1.08. The number of hydrogen-bond acceptors (Lipinski definition) is 4. The smallest absolute Gasteiger partial charge is 0.331 e. The highest BCUT2D eigenvalue weighted by Crippen LogP contribution is 2.32. The summed E-state index contributed by atoms with van der Waals surface area (Å²) in [6.45, 7) is 2.55. The average Bonchev–Trinajstić information content (AvgIpc) is 2.63. The summed E-state index contributed by atoms with van der Waals surface area (Å²) in [5.41, 5.74) is 0.488. The summed E-state index contributed by atoms with van der Waals surface area (Å²) in [5, 5.41) is 9.46. The highest BCUT2D eigenvalue weighted by molar-refractivity contribution is 5.86. The van der Waals surface area contributed by atoms with Gasteiger partial charge in [-0.2, -0.15) is 0 Å². The zero-order valence-corrected chi connectivity index (χ0v) is 11.2. The predicted molar refractivity (Wildman–Crippen MR) is 70.5 cm³/mol. The number of fused-ring (bicyclic) bond motifs is 1. The van der Waals surface area contributed by atoms with Crippen molar-refractivity contribution in [2.45, 2.75) is 13.0 Å². The number of amides is 1. The summed E-state index contributed by atoms with van der Waals surface area (Å²) < 4.78 is 10.6. The van der Waals surface area contributed by atoms with E-state index in [4.69, 9.17) is 9.47 Å². The van der Waals surface area contributed by atoms with Gasteiger partial charge in [0.25, 0.3) is 0 Å². The molecular weight excluding hydrogens is 262 g/mol. The van der Waals surface area contributed by atoms with Gasteiger partial charge < -0.3 is 19.5 Å². The maximum atomic E-state index is 12.1. The van der Waals surface area contributed by atoms with Gasteiger partial charge in [-0.1, -0.05) is 18.2 Å². The van der Waals surface area contributed by atoms with Crippen molar-refractivity contribution in [2.24, 2.45) is 0 Å². The molecule has 1 aromatic carbocycles. The second kappa shape index (κ2) is 6.38. The standard InChI is InChI=1S/C14H17NO5/c1-2-19-9-12(16)15-7-8-20-11-6-4-3-5-10(11)13(15)14(17)18/h3-6,13H,2,7-9H2,1H3,(H,17,18). The number of carbonyl (C=O) groups excluding carboxylic acids is 1. The molecule has 1 aromatic rings. The molecule has 1 N–H and O–H groups in total. The summed E-state index contributed by atoms with van der Waals surface area (Å²) in [6.07, 6.45) is 0. The largest absolute Gasteiger partial charge is 0.491 e. The molecule has 20 heavy (non-hydrogen) atoms. The lowest BCUT2D eigenvalue weighted by atomic mass is 10.0. The van der Waals surface area contributed by atoms with Gasteiger partial charge in [0.2, 0.25) is 5.91 Å². The Bertz CT molecular complexity index is 502. The number of rotatable bonds is 4. The van der Waals surface area contributed by atoms with E-state index >= 15 is 0 Å². The first-order valence-corrected chi connectivity index (χ1v) is 6.47. The van der Waals surface area contributed by atoms with Crippen LogP contribution in [0.3, 0.4) is 0 Å². The third-order valence-electron chi connectivity index (χ3n) is 3.10. The van der Waals surface area contributed by atoms with Gasteiger partial charge in [0.1, 0.15) is 19.0 Å². The zero-order valence-electron chi connectivity index (χ0n) is 11.2. The molecule has 0 bridgehead atoms. The summed E-state index contributed by atoms with van der Waals surface area (Å²) in [5.74, 6) is -0.918. The lowest BCUT2D eigenvalue weighted by molar-refractivity contribution is -0.152. The van der Waals surface area contributed by atoms with Gasteiger partial charge in [-0.05, 0) is 13.0 Å². The van der Waals surface area contributed by atoms with Crippen molar-refractivity contribution in [3.8, 4) is 5.75 Å². The molecule has 1 aliphatic heterocycles. The Morgan fingerprint density at radius 3 is 2.90 bits per heavy atom. The van der Waals surface area contributed by atoms with Gasteiger partial charge in [-0.25, -0.2) is 4.79 Å². The number of aliphatic carboxylic acids is 1. The predicted octanol–water partition coefficient (Wildman–Crippen LogP) is 1.07. The van der Waals surface area contributed by atoms with Crippen LogP contribution < -0.4 is 4.74 Å². The minimum absolute atomic E-state index is 0.123. The molecular formula is C14H17NO5. The third kappa shape index (κ3) is 2.91. The average molecular weight is 279 g/mol. The van der Waals surface area contributed by atoms with Gasteiger partial charge in [-0.3, -0.25) is 4.79 Å². The van der Waals surface area contributed by atoms with Gasteiger partial charge in [0.05, 0.1) is 6.54 Å². The fourth-order valence-electron chi connectivity index (χ4n) is 2.20. The molecule has 6 heteroatoms. The molecule has 0 saturated carbocycles. The molecule has 0 fully saturated rings. The van der Waals surface area contributed by atoms with Crippen LogP contribution in [0.2, 0.25) is 0 Å². The Kier molecular flexibility index (Phi) is 4.57. The molecule has 0 spiro atoms. The monoisotopic (exact) mass is 279 g/mol. The van der Waals surface area contributed by atoms with Gasteiger partial charge >= 0.3 is 5.97 Å². The maximum absolute atomic E-state index is 12.1. The molecule has 108 valence electrons. The van der Waals surface area contributed by atoms with Crippen molar-refractivity contribution in [2.75, 3.05) is 26.4 Å². The number of para-hydroxylation sites is 1. The normalized spacial score (nSPS) is 17.9. The first-order valence-electron chi connectivity index (χ1n) is 6.47. The van der Waals surface area contributed by atoms with Crippen molar-refractivity contribution in [1.82, 2.24) is 4.90 Å². The molecule has 6 nitrogen and oxygen atoms in total. The van der Waals surface area contributed by atoms with Gasteiger partial charge in [0.15, 0.2) is 6.04 Å². The van der Waals surface area contributed by atoms with Crippen LogP contribution in [0.25, 0.3) is 0 Å². The van der Waals surface area contributed by atoms with Gasteiger partial charge in [0, 0.05) is 12.2 Å². The minimum Gasteiger partial charge on any atom is -0.491 e. The van der Waals surface area contributed by atoms with Crippen molar-refractivity contribution in [3.05, 3.63) is 29.8 Å². The number of carboxylic acid groups (broad SMARTS) is 1. The van der Waals surface area contributed by atoms with E-state index in [9.17, 15) is 14.7 Å². The molecule has 1 amide bonds. The molecule has 0 aliphatic carbocycles. The van der Waals surface area contributed by atoms with Crippen LogP contribution in [-0.2, 0) is 14.3 Å². The van der Waals surface area contributed by atoms with Crippen molar-refractivity contribution in [3.63, 3.8) is 0 Å². The van der Waals surface area contributed by atoms with Crippen LogP contribution in [0.5, 0.6) is 5.75 Å². The van der Waals surface area contributed by atoms with Crippen LogP contribution in [0.15, 0.2) is 24.3 Å². The summed E-state index contributed by atoms with van der Waals surface area (Å²) in [7, 11) is 0. The summed E-state index contributed by atoms with van der Waals surface area (Å²) in [4.78, 5) is 25.0. The van der Waals surface area contributed by atoms with E-state index in [-0.39, 0.29) is 25.7 Å². The van der Waals surface area contributed by atoms with E-state index in [1.165, 1.54) is 4.90 Å². The van der Waals surface area contributed by atoms with Crippen molar-refractivity contribution < 1.29 is 24.2 Å². The van der Waals surface area contributed by atoms with Crippen LogP contribution in [0.4, 0.5) is 0 Å². The Morgan fingerprint density at radius 2 is 2.20 bits per heavy atom. The lowest BCUT2D eigenvalue weighted by Gasteiger charge is -2.26. The van der Waals surface area contributed by atoms with E-state index in [1.807, 2.05) is 0 Å². The quantitative estimate of drug-likeness (QED) is 0.892. The number of carbonyl (C=O) groups is 2. The number of nitrogens with zero attached hydrogens (tertiary/aromatic N) is 1. The van der Waals surface area contributed by atoms with Crippen molar-refractivity contribution in [1.29, 1.82) is 0 Å². The highest BCUT2D eigenvalue weighted by atomic mass is 16.5. The molecule has 1 aliphatic rings. The molecule has 1 heterocycles. The Hall–Kier alpha value is -2.08. The van der Waals surface area contributed by atoms with E-state index in [0.717, 1.165) is 0 Å². The van der Waals surface area contributed by atoms with Gasteiger partial charge in [-0.15, -0.1) is 0 Å². The fourth-order valence-corrected chi connectivity index (χ4v) is 2.20. The third-order valence-corrected chi connectivity index (χ3v) is 3.10. The van der Waals surface area contributed by atoms with Crippen LogP contribution in [0, 0.1) is 0 Å². The number of carboxylic acids is 1. The molecule has 0 aromatic heterocycles. The molecule has 0 saturated heterocycles. The number of ether oxygens (including phenoxy) is 2. The zero-order chi connectivity index (χ0) is 14.5. The second-order valence-corrected chi connectivity index (χ2v) is 4.35. The molecule has 2 rings (SSSR count). The number of hydrogen-bond donors (Lipinski definition) is 1. The molecule has 1 atom stereocenters. The fraction of sp³-hybridized carbons (Fsp3) is 0.429. The Morgan fingerprint density at radius 1 is 1.45 bits per heavy atom.